The number of hydrogen-bond acceptors (Lipinski definition) is 5. The molecule has 5 nitrogen and oxygen atoms in total. The van der Waals surface area contributed by atoms with E-state index in [-0.39, 0.29) is 12.4 Å². The Morgan fingerprint density at radius 1 is 0.638 bits per heavy atom. The number of hydrogen-bond donors (Lipinski definition) is 0. The van der Waals surface area contributed by atoms with Gasteiger partial charge in [0.15, 0.2) is 0 Å². The van der Waals surface area contributed by atoms with E-state index in [9.17, 15) is 4.79 Å². The zero-order valence-electron chi connectivity index (χ0n) is 27.5. The van der Waals surface area contributed by atoms with Crippen molar-refractivity contribution in [1.29, 1.82) is 0 Å². The zero-order chi connectivity index (χ0) is 33.2. The molecule has 0 heterocycles. The Morgan fingerprint density at radius 2 is 1.17 bits per heavy atom. The highest BCUT2D eigenvalue weighted by atomic mass is 35.5. The molecule has 0 bridgehead atoms. The van der Waals surface area contributed by atoms with Crippen LogP contribution in [-0.4, -0.2) is 29.0 Å². The number of carbonyl (C=O) groups is 1. The first-order valence-corrected chi connectivity index (χ1v) is 18.4. The smallest absolute Gasteiger partial charge is 0.473 e. The minimum Gasteiger partial charge on any atom is -0.473 e. The molecule has 0 fully saturated rings. The first-order valence-electron chi connectivity index (χ1n) is 15.9. The van der Waals surface area contributed by atoms with Gasteiger partial charge in [-0.1, -0.05) is 84.9 Å². The summed E-state index contributed by atoms with van der Waals surface area (Å²) in [5.41, 5.74) is 11.3. The molecule has 7 heteroatoms. The zero-order valence-corrected chi connectivity index (χ0v) is 29.3. The van der Waals surface area contributed by atoms with Crippen LogP contribution in [0.15, 0.2) is 121 Å². The van der Waals surface area contributed by atoms with Crippen molar-refractivity contribution in [2.75, 3.05) is 19.1 Å². The van der Waals surface area contributed by atoms with Crippen molar-refractivity contribution in [2.45, 2.75) is 45.0 Å². The molecule has 0 saturated heterocycles. The number of aryl methyl sites for hydroxylation is 4. The molecule has 0 aliphatic heterocycles. The minimum absolute atomic E-state index is 0.229. The molecule has 242 valence electrons. The van der Waals surface area contributed by atoms with Gasteiger partial charge in [-0.3, -0.25) is 4.79 Å². The van der Waals surface area contributed by atoms with Crippen LogP contribution in [0.3, 0.4) is 0 Å². The van der Waals surface area contributed by atoms with Gasteiger partial charge in [-0.05, 0) is 102 Å². The highest BCUT2D eigenvalue weighted by molar-refractivity contribution is 6.62. The molecule has 0 aliphatic rings. The Labute approximate surface area is 285 Å². The quantitative estimate of drug-likeness (QED) is 0.0874. The molecule has 0 amide bonds. The summed E-state index contributed by atoms with van der Waals surface area (Å²) >= 11 is 5.92. The second-order valence-corrected chi connectivity index (χ2v) is 14.9. The predicted molar refractivity (Wildman–Crippen MR) is 195 cm³/mol. The van der Waals surface area contributed by atoms with Gasteiger partial charge in [-0.2, -0.15) is 0 Å². The van der Waals surface area contributed by atoms with Crippen LogP contribution in [0.4, 0.5) is 17.1 Å². The molecular formula is C40H42ClNO4Si. The average Bonchev–Trinajstić information content (AvgIpc) is 3.12. The maximum Gasteiger partial charge on any atom is 0.567 e. The van der Waals surface area contributed by atoms with Gasteiger partial charge in [0, 0.05) is 49.6 Å². The van der Waals surface area contributed by atoms with E-state index in [0.717, 1.165) is 33.8 Å². The van der Waals surface area contributed by atoms with E-state index in [1.54, 1.807) is 14.2 Å². The molecule has 0 N–H and O–H groups in total. The van der Waals surface area contributed by atoms with Crippen molar-refractivity contribution in [2.24, 2.45) is 0 Å². The number of halogens is 1. The van der Waals surface area contributed by atoms with Crippen LogP contribution in [0.5, 0.6) is 0 Å². The normalized spacial score (nSPS) is 11.3. The second-order valence-electron chi connectivity index (χ2n) is 11.7. The lowest BCUT2D eigenvalue weighted by Gasteiger charge is -2.27. The number of alkyl halides is 1. The van der Waals surface area contributed by atoms with E-state index < -0.39 is 8.80 Å². The fourth-order valence-electron chi connectivity index (χ4n) is 5.54. The van der Waals surface area contributed by atoms with Crippen molar-refractivity contribution in [3.8, 4) is 11.1 Å². The lowest BCUT2D eigenvalue weighted by Crippen LogP contribution is -2.46. The SMILES string of the molecule is CO[Si](CCc1ccc(CCl)cc1)(OC)OC(=O)CCc1ccc(N(c2ccc(-c3ccccc3)cc2)c2ccc(C)c(C)c2)cc1. The molecule has 0 saturated carbocycles. The van der Waals surface area contributed by atoms with Gasteiger partial charge in [-0.15, -0.1) is 11.6 Å². The van der Waals surface area contributed by atoms with Gasteiger partial charge in [0.05, 0.1) is 0 Å². The molecule has 0 spiro atoms. The van der Waals surface area contributed by atoms with Crippen LogP contribution in [0, 0.1) is 13.8 Å². The summed E-state index contributed by atoms with van der Waals surface area (Å²) in [6, 6.07) is 42.6. The van der Waals surface area contributed by atoms with Gasteiger partial charge in [0.1, 0.15) is 0 Å². The van der Waals surface area contributed by atoms with Crippen LogP contribution in [-0.2, 0) is 36.8 Å². The van der Waals surface area contributed by atoms with Crippen LogP contribution in [0.25, 0.3) is 11.1 Å². The van der Waals surface area contributed by atoms with E-state index in [1.165, 1.54) is 22.3 Å². The fraction of sp³-hybridized carbons (Fsp3) is 0.225. The van der Waals surface area contributed by atoms with E-state index in [4.69, 9.17) is 24.9 Å². The van der Waals surface area contributed by atoms with Gasteiger partial charge in [0.2, 0.25) is 0 Å². The number of nitrogens with zero attached hydrogens (tertiary/aromatic N) is 1. The Balaban J connectivity index is 1.27. The lowest BCUT2D eigenvalue weighted by atomic mass is 10.0. The van der Waals surface area contributed by atoms with Crippen molar-refractivity contribution in [1.82, 2.24) is 0 Å². The summed E-state index contributed by atoms with van der Waals surface area (Å²) in [4.78, 5) is 15.3. The van der Waals surface area contributed by atoms with Gasteiger partial charge < -0.3 is 18.2 Å². The van der Waals surface area contributed by atoms with Gasteiger partial charge >= 0.3 is 8.80 Å². The molecule has 0 atom stereocenters. The van der Waals surface area contributed by atoms with Crippen molar-refractivity contribution < 1.29 is 18.1 Å². The summed E-state index contributed by atoms with van der Waals surface area (Å²) in [5.74, 6) is 0.153. The second kappa shape index (κ2) is 16.1. The van der Waals surface area contributed by atoms with Crippen molar-refractivity contribution >= 4 is 43.4 Å². The molecular weight excluding hydrogens is 622 g/mol. The number of benzene rings is 5. The Hall–Kier alpha value is -4.20. The van der Waals surface area contributed by atoms with E-state index in [2.05, 4.69) is 110 Å². The maximum atomic E-state index is 13.0. The first-order chi connectivity index (χ1) is 22.8. The summed E-state index contributed by atoms with van der Waals surface area (Å²) in [5, 5.41) is 0. The van der Waals surface area contributed by atoms with Crippen LogP contribution >= 0.6 is 11.6 Å². The molecule has 47 heavy (non-hydrogen) atoms. The minimum atomic E-state index is -3.17. The third kappa shape index (κ3) is 8.79. The van der Waals surface area contributed by atoms with Crippen LogP contribution in [0.2, 0.25) is 6.04 Å². The maximum absolute atomic E-state index is 13.0. The van der Waals surface area contributed by atoms with E-state index in [1.807, 2.05) is 30.3 Å². The van der Waals surface area contributed by atoms with Crippen molar-refractivity contribution in [3.05, 3.63) is 149 Å². The standard InChI is InChI=1S/C40H42ClNO4Si/c1-30-10-20-39(28-31(30)2)42(38-23-18-36(19-24-38)35-8-6-5-7-9-35)37-21-15-32(16-22-37)17-25-40(43)46-47(44-3,45-4)27-26-33-11-13-34(29-41)14-12-33/h5-16,18-24,28H,17,25-27,29H2,1-4H3. The Morgan fingerprint density at radius 3 is 1.77 bits per heavy atom. The molecule has 0 aliphatic carbocycles. The van der Waals surface area contributed by atoms with Crippen LogP contribution in [0.1, 0.15) is 34.2 Å². The third-order valence-corrected chi connectivity index (χ3v) is 11.5. The number of rotatable bonds is 14. The van der Waals surface area contributed by atoms with E-state index >= 15 is 0 Å². The third-order valence-electron chi connectivity index (χ3n) is 8.58. The highest BCUT2D eigenvalue weighted by Crippen LogP contribution is 2.36. The Bertz CT molecular complexity index is 1740. The first kappa shape index (κ1) is 34.1. The average molecular weight is 664 g/mol. The number of carbonyl (C=O) groups excluding carboxylic acids is 1. The molecule has 0 radical (unpaired) electrons. The summed E-state index contributed by atoms with van der Waals surface area (Å²) in [6.45, 7) is 4.27. The van der Waals surface area contributed by atoms with Gasteiger partial charge in [-0.25, -0.2) is 0 Å². The predicted octanol–water partition coefficient (Wildman–Crippen LogP) is 10.1. The summed E-state index contributed by atoms with van der Waals surface area (Å²) in [6.07, 6.45) is 1.45. The molecule has 5 aromatic rings. The highest BCUT2D eigenvalue weighted by Gasteiger charge is 2.42. The molecule has 0 aromatic heterocycles. The topological polar surface area (TPSA) is 48.0 Å². The summed E-state index contributed by atoms with van der Waals surface area (Å²) < 4.78 is 17.3. The van der Waals surface area contributed by atoms with Crippen LogP contribution < -0.4 is 4.90 Å². The lowest BCUT2D eigenvalue weighted by molar-refractivity contribution is -0.138. The largest absolute Gasteiger partial charge is 0.567 e. The fourth-order valence-corrected chi connectivity index (χ4v) is 7.61. The van der Waals surface area contributed by atoms with Gasteiger partial charge in [0.25, 0.3) is 5.97 Å². The molecule has 5 rings (SSSR count). The summed E-state index contributed by atoms with van der Waals surface area (Å²) in [7, 11) is -0.0643. The molecule has 0 unspecified atom stereocenters. The van der Waals surface area contributed by atoms with E-state index in [0.29, 0.717) is 24.8 Å². The monoisotopic (exact) mass is 663 g/mol. The van der Waals surface area contributed by atoms with Crippen molar-refractivity contribution in [3.63, 3.8) is 0 Å². The number of anilines is 3. The molecule has 5 aromatic carbocycles. The Kier molecular flexibility index (Phi) is 11.7.